The molecule has 148 valence electrons. The highest BCUT2D eigenvalue weighted by Gasteiger charge is 2.43. The summed E-state index contributed by atoms with van der Waals surface area (Å²) in [7, 11) is 0. The second-order valence-corrected chi connectivity index (χ2v) is 8.54. The summed E-state index contributed by atoms with van der Waals surface area (Å²) in [6, 6.07) is 10.8. The van der Waals surface area contributed by atoms with Crippen molar-refractivity contribution >= 4 is 0 Å². The Hall–Kier alpha value is -1.74. The van der Waals surface area contributed by atoms with Crippen LogP contribution in [0.5, 0.6) is 0 Å². The van der Waals surface area contributed by atoms with Gasteiger partial charge in [0.25, 0.3) is 0 Å². The molecule has 0 spiro atoms. The van der Waals surface area contributed by atoms with Crippen LogP contribution in [0.3, 0.4) is 0 Å². The van der Waals surface area contributed by atoms with E-state index in [1.165, 1.54) is 17.7 Å². The number of rotatable bonds is 8. The van der Waals surface area contributed by atoms with E-state index in [2.05, 4.69) is 45.7 Å². The molecule has 0 saturated heterocycles. The number of halogens is 1. The fraction of sp³-hybridized carbons (Fsp3) is 0.542. The molecule has 1 aromatic heterocycles. The Bertz CT molecular complexity index is 686. The molecule has 0 bridgehead atoms. The number of hydrogen-bond donors (Lipinski definition) is 1. The van der Waals surface area contributed by atoms with Crippen LogP contribution in [0.4, 0.5) is 4.39 Å². The van der Waals surface area contributed by atoms with E-state index in [-0.39, 0.29) is 23.1 Å². The summed E-state index contributed by atoms with van der Waals surface area (Å²) >= 11 is 0. The molecule has 3 unspecified atom stereocenters. The molecule has 27 heavy (non-hydrogen) atoms. The molecule has 0 aliphatic heterocycles. The van der Waals surface area contributed by atoms with Crippen LogP contribution >= 0.6 is 0 Å². The SMILES string of the molecule is CC(O)C(CC(c1cccnc1)(C(C)C)C(C)C)C(C)c1ccc(F)cc1. The minimum absolute atomic E-state index is 0.0560. The van der Waals surface area contributed by atoms with E-state index in [1.54, 1.807) is 0 Å². The quantitative estimate of drug-likeness (QED) is 0.621. The van der Waals surface area contributed by atoms with Gasteiger partial charge in [-0.2, -0.15) is 0 Å². The largest absolute Gasteiger partial charge is 0.393 e. The Morgan fingerprint density at radius 1 is 0.963 bits per heavy atom. The zero-order chi connectivity index (χ0) is 20.2. The molecular weight excluding hydrogens is 337 g/mol. The normalized spacial score (nSPS) is 15.8. The van der Waals surface area contributed by atoms with Gasteiger partial charge in [-0.05, 0) is 66.3 Å². The van der Waals surface area contributed by atoms with Crippen LogP contribution in [0.25, 0.3) is 0 Å². The molecule has 0 aliphatic carbocycles. The first-order chi connectivity index (χ1) is 12.7. The molecule has 0 radical (unpaired) electrons. The average Bonchev–Trinajstić information content (AvgIpc) is 2.62. The lowest BCUT2D eigenvalue weighted by Crippen LogP contribution is -2.42. The molecule has 1 N–H and O–H groups in total. The Balaban J connectivity index is 2.47. The van der Waals surface area contributed by atoms with E-state index < -0.39 is 6.10 Å². The first kappa shape index (κ1) is 21.6. The third-order valence-corrected chi connectivity index (χ3v) is 6.49. The monoisotopic (exact) mass is 371 g/mol. The van der Waals surface area contributed by atoms with E-state index in [4.69, 9.17) is 0 Å². The van der Waals surface area contributed by atoms with Gasteiger partial charge in [0.15, 0.2) is 0 Å². The van der Waals surface area contributed by atoms with Crippen LogP contribution in [-0.4, -0.2) is 16.2 Å². The van der Waals surface area contributed by atoms with Gasteiger partial charge in [0.05, 0.1) is 6.10 Å². The van der Waals surface area contributed by atoms with E-state index >= 15 is 0 Å². The fourth-order valence-electron chi connectivity index (χ4n) is 4.73. The van der Waals surface area contributed by atoms with Gasteiger partial charge in [0, 0.05) is 17.8 Å². The van der Waals surface area contributed by atoms with Crippen molar-refractivity contribution in [3.05, 3.63) is 65.7 Å². The highest BCUT2D eigenvalue weighted by Crippen LogP contribution is 2.47. The summed E-state index contributed by atoms with van der Waals surface area (Å²) in [5.74, 6) is 0.736. The maximum atomic E-state index is 13.4. The highest BCUT2D eigenvalue weighted by molar-refractivity contribution is 5.26. The summed E-state index contributed by atoms with van der Waals surface area (Å²) in [5.41, 5.74) is 2.20. The minimum atomic E-state index is -0.460. The number of aliphatic hydroxyl groups is 1. The van der Waals surface area contributed by atoms with Gasteiger partial charge in [-0.15, -0.1) is 0 Å². The number of nitrogens with zero attached hydrogens (tertiary/aromatic N) is 1. The van der Waals surface area contributed by atoms with E-state index in [0.29, 0.717) is 11.8 Å². The van der Waals surface area contributed by atoms with Gasteiger partial charge in [0.1, 0.15) is 5.82 Å². The molecule has 0 aliphatic rings. The predicted molar refractivity (Wildman–Crippen MR) is 110 cm³/mol. The lowest BCUT2D eigenvalue weighted by molar-refractivity contribution is 0.0624. The number of benzene rings is 1. The maximum absolute atomic E-state index is 13.4. The molecule has 3 heteroatoms. The van der Waals surface area contributed by atoms with Crippen molar-refractivity contribution in [3.8, 4) is 0 Å². The lowest BCUT2D eigenvalue weighted by Gasteiger charge is -2.46. The van der Waals surface area contributed by atoms with Gasteiger partial charge in [0.2, 0.25) is 0 Å². The minimum Gasteiger partial charge on any atom is -0.393 e. The van der Waals surface area contributed by atoms with Gasteiger partial charge < -0.3 is 5.11 Å². The Morgan fingerprint density at radius 3 is 2.00 bits per heavy atom. The van der Waals surface area contributed by atoms with Crippen LogP contribution in [0.1, 0.15) is 65.0 Å². The zero-order valence-corrected chi connectivity index (χ0v) is 17.5. The van der Waals surface area contributed by atoms with Crippen LogP contribution < -0.4 is 0 Å². The zero-order valence-electron chi connectivity index (χ0n) is 17.5. The van der Waals surface area contributed by atoms with E-state index in [9.17, 15) is 9.50 Å². The third-order valence-electron chi connectivity index (χ3n) is 6.49. The van der Waals surface area contributed by atoms with Crippen molar-refractivity contribution in [1.29, 1.82) is 0 Å². The Labute approximate surface area is 163 Å². The first-order valence-corrected chi connectivity index (χ1v) is 10.0. The summed E-state index contributed by atoms with van der Waals surface area (Å²) in [6.45, 7) is 13.0. The van der Waals surface area contributed by atoms with Crippen LogP contribution in [0.15, 0.2) is 48.8 Å². The van der Waals surface area contributed by atoms with E-state index in [1.807, 2.05) is 37.5 Å². The summed E-state index contributed by atoms with van der Waals surface area (Å²) in [6.07, 6.45) is 4.17. The molecule has 0 saturated carbocycles. The van der Waals surface area contributed by atoms with E-state index in [0.717, 1.165) is 12.0 Å². The lowest BCUT2D eigenvalue weighted by atomic mass is 9.59. The smallest absolute Gasteiger partial charge is 0.123 e. The number of pyridine rings is 1. The van der Waals surface area contributed by atoms with Crippen molar-refractivity contribution in [2.75, 3.05) is 0 Å². The molecule has 2 rings (SSSR count). The first-order valence-electron chi connectivity index (χ1n) is 10.0. The van der Waals surface area contributed by atoms with Gasteiger partial charge in [-0.3, -0.25) is 4.98 Å². The van der Waals surface area contributed by atoms with Crippen molar-refractivity contribution in [1.82, 2.24) is 4.98 Å². The summed E-state index contributed by atoms with van der Waals surface area (Å²) < 4.78 is 13.4. The fourth-order valence-corrected chi connectivity index (χ4v) is 4.73. The molecular formula is C24H34FNO. The molecule has 0 fully saturated rings. The van der Waals surface area contributed by atoms with Crippen molar-refractivity contribution in [2.24, 2.45) is 17.8 Å². The van der Waals surface area contributed by atoms with Crippen molar-refractivity contribution in [2.45, 2.75) is 65.4 Å². The Morgan fingerprint density at radius 2 is 1.56 bits per heavy atom. The van der Waals surface area contributed by atoms with Gasteiger partial charge >= 0.3 is 0 Å². The maximum Gasteiger partial charge on any atom is 0.123 e. The van der Waals surface area contributed by atoms with Crippen LogP contribution in [0, 0.1) is 23.6 Å². The molecule has 0 amide bonds. The third kappa shape index (κ3) is 4.57. The average molecular weight is 372 g/mol. The number of aliphatic hydroxyl groups excluding tert-OH is 1. The highest BCUT2D eigenvalue weighted by atomic mass is 19.1. The van der Waals surface area contributed by atoms with Crippen molar-refractivity contribution in [3.63, 3.8) is 0 Å². The predicted octanol–water partition coefficient (Wildman–Crippen LogP) is 5.96. The summed E-state index contributed by atoms with van der Waals surface area (Å²) in [4.78, 5) is 4.38. The van der Waals surface area contributed by atoms with Gasteiger partial charge in [-0.1, -0.05) is 52.8 Å². The number of hydrogen-bond acceptors (Lipinski definition) is 2. The summed E-state index contributed by atoms with van der Waals surface area (Å²) in [5, 5.41) is 10.7. The van der Waals surface area contributed by atoms with Crippen LogP contribution in [0.2, 0.25) is 0 Å². The molecule has 1 heterocycles. The number of aromatic nitrogens is 1. The standard InChI is InChI=1S/C24H34FNO/c1-16(2)24(17(3)4,21-8-7-13-26-15-21)14-23(19(6)27)18(5)20-9-11-22(25)12-10-20/h7-13,15-19,23,27H,14H2,1-6H3. The van der Waals surface area contributed by atoms with Crippen LogP contribution in [-0.2, 0) is 5.41 Å². The van der Waals surface area contributed by atoms with Gasteiger partial charge in [-0.25, -0.2) is 4.39 Å². The molecule has 1 aromatic carbocycles. The molecule has 2 nitrogen and oxygen atoms in total. The Kier molecular flexibility index (Phi) is 7.16. The van der Waals surface area contributed by atoms with Crippen molar-refractivity contribution < 1.29 is 9.50 Å². The molecule has 2 aromatic rings. The topological polar surface area (TPSA) is 33.1 Å². The second kappa shape index (κ2) is 8.97. The second-order valence-electron chi connectivity index (χ2n) is 8.54. The molecule has 3 atom stereocenters.